The van der Waals surface area contributed by atoms with Crippen molar-refractivity contribution < 1.29 is 4.79 Å². The van der Waals surface area contributed by atoms with Crippen molar-refractivity contribution in [2.45, 2.75) is 31.7 Å². The summed E-state index contributed by atoms with van der Waals surface area (Å²) in [5.74, 6) is 0.0674. The number of halogens is 1. The molecule has 0 bridgehead atoms. The van der Waals surface area contributed by atoms with Crippen LogP contribution >= 0.6 is 15.9 Å². The van der Waals surface area contributed by atoms with Crippen molar-refractivity contribution in [1.82, 2.24) is 10.6 Å². The first-order chi connectivity index (χ1) is 6.54. The minimum atomic E-state index is -0.388. The first-order valence-corrected chi connectivity index (χ1v) is 5.70. The minimum Gasteiger partial charge on any atom is -0.350 e. The van der Waals surface area contributed by atoms with E-state index in [0.29, 0.717) is 6.54 Å². The highest BCUT2D eigenvalue weighted by atomic mass is 79.9. The smallest absolute Gasteiger partial charge is 0.240 e. The van der Waals surface area contributed by atoms with Gasteiger partial charge in [-0.05, 0) is 32.7 Å². The lowest BCUT2D eigenvalue weighted by molar-refractivity contribution is -0.127. The number of nitrogens with one attached hydrogen (secondary N) is 2. The third-order valence-corrected chi connectivity index (χ3v) is 2.84. The molecule has 3 nitrogen and oxygen atoms in total. The number of piperidine rings is 1. The molecule has 0 aromatic carbocycles. The lowest BCUT2D eigenvalue weighted by Crippen LogP contribution is -2.57. The molecule has 0 saturated carbocycles. The summed E-state index contributed by atoms with van der Waals surface area (Å²) >= 11 is 3.21. The van der Waals surface area contributed by atoms with E-state index in [1.165, 1.54) is 0 Å². The zero-order valence-electron chi connectivity index (χ0n) is 8.53. The van der Waals surface area contributed by atoms with Crippen molar-refractivity contribution >= 4 is 21.8 Å². The summed E-state index contributed by atoms with van der Waals surface area (Å²) < 4.78 is 0.797. The van der Waals surface area contributed by atoms with Crippen LogP contribution in [-0.2, 0) is 4.79 Å². The van der Waals surface area contributed by atoms with E-state index in [2.05, 4.69) is 33.1 Å². The Morgan fingerprint density at radius 1 is 1.64 bits per heavy atom. The Morgan fingerprint density at radius 3 is 2.86 bits per heavy atom. The van der Waals surface area contributed by atoms with Gasteiger partial charge in [-0.1, -0.05) is 22.5 Å². The molecule has 4 heteroatoms. The molecular weight excluding hydrogens is 244 g/mol. The largest absolute Gasteiger partial charge is 0.350 e. The molecule has 0 aliphatic carbocycles. The van der Waals surface area contributed by atoms with E-state index in [0.717, 1.165) is 30.3 Å². The molecule has 0 spiro atoms. The molecule has 1 heterocycles. The fourth-order valence-electron chi connectivity index (χ4n) is 1.62. The van der Waals surface area contributed by atoms with Gasteiger partial charge in [0.05, 0.1) is 5.54 Å². The molecule has 0 aromatic heterocycles. The third-order valence-electron chi connectivity index (χ3n) is 2.56. The van der Waals surface area contributed by atoms with Gasteiger partial charge in [-0.2, -0.15) is 0 Å². The Hall–Kier alpha value is -0.350. The second-order valence-corrected chi connectivity index (χ2v) is 5.04. The summed E-state index contributed by atoms with van der Waals surface area (Å²) in [5.41, 5.74) is -0.388. The van der Waals surface area contributed by atoms with E-state index in [1.54, 1.807) is 0 Å². The van der Waals surface area contributed by atoms with Crippen LogP contribution in [0, 0.1) is 0 Å². The standard InChI is InChI=1S/C10H17BrN2O/c1-8(11)7-12-9(14)10(2)5-3-4-6-13-10/h13H,1,3-7H2,2H3,(H,12,14). The summed E-state index contributed by atoms with van der Waals surface area (Å²) in [4.78, 5) is 11.8. The predicted molar refractivity (Wildman–Crippen MR) is 61.3 cm³/mol. The maximum atomic E-state index is 11.8. The molecule has 1 fully saturated rings. The summed E-state index contributed by atoms with van der Waals surface area (Å²) in [5, 5.41) is 6.11. The molecule has 14 heavy (non-hydrogen) atoms. The highest BCUT2D eigenvalue weighted by molar-refractivity contribution is 9.11. The summed E-state index contributed by atoms with van der Waals surface area (Å²) in [6, 6.07) is 0. The van der Waals surface area contributed by atoms with E-state index in [-0.39, 0.29) is 11.4 Å². The van der Waals surface area contributed by atoms with Crippen molar-refractivity contribution in [3.05, 3.63) is 11.1 Å². The zero-order chi connectivity index (χ0) is 10.6. The van der Waals surface area contributed by atoms with E-state index >= 15 is 0 Å². The Balaban J connectivity index is 2.45. The van der Waals surface area contributed by atoms with Crippen molar-refractivity contribution in [3.63, 3.8) is 0 Å². The second kappa shape index (κ2) is 4.94. The van der Waals surface area contributed by atoms with Crippen LogP contribution in [0.15, 0.2) is 11.1 Å². The van der Waals surface area contributed by atoms with Gasteiger partial charge in [0, 0.05) is 11.0 Å². The molecule has 1 unspecified atom stereocenters. The lowest BCUT2D eigenvalue weighted by atomic mass is 9.90. The van der Waals surface area contributed by atoms with Crippen LogP contribution in [0.25, 0.3) is 0 Å². The van der Waals surface area contributed by atoms with E-state index in [1.807, 2.05) is 6.92 Å². The Kier molecular flexibility index (Phi) is 4.13. The molecular formula is C10H17BrN2O. The first-order valence-electron chi connectivity index (χ1n) is 4.91. The fraction of sp³-hybridized carbons (Fsp3) is 0.700. The van der Waals surface area contributed by atoms with Gasteiger partial charge in [0.2, 0.25) is 5.91 Å². The first kappa shape index (κ1) is 11.7. The van der Waals surface area contributed by atoms with Crippen molar-refractivity contribution in [1.29, 1.82) is 0 Å². The van der Waals surface area contributed by atoms with E-state index in [9.17, 15) is 4.79 Å². The Bertz CT molecular complexity index is 234. The van der Waals surface area contributed by atoms with Crippen LogP contribution < -0.4 is 10.6 Å². The predicted octanol–water partition coefficient (Wildman–Crippen LogP) is 1.54. The summed E-state index contributed by atoms with van der Waals surface area (Å²) in [6.45, 7) is 7.06. The van der Waals surface area contributed by atoms with Gasteiger partial charge in [-0.25, -0.2) is 0 Å². The molecule has 80 valence electrons. The number of rotatable bonds is 3. The van der Waals surface area contributed by atoms with Crippen molar-refractivity contribution in [3.8, 4) is 0 Å². The molecule has 0 radical (unpaired) electrons. The average Bonchev–Trinajstić information content (AvgIpc) is 2.15. The molecule has 1 atom stereocenters. The van der Waals surface area contributed by atoms with E-state index < -0.39 is 0 Å². The maximum Gasteiger partial charge on any atom is 0.240 e. The SMILES string of the molecule is C=C(Br)CNC(=O)C1(C)CCCCN1. The third kappa shape index (κ3) is 3.10. The summed E-state index contributed by atoms with van der Waals surface area (Å²) in [7, 11) is 0. The van der Waals surface area contributed by atoms with Crippen LogP contribution in [0.1, 0.15) is 26.2 Å². The topological polar surface area (TPSA) is 41.1 Å². The van der Waals surface area contributed by atoms with Crippen molar-refractivity contribution in [2.24, 2.45) is 0 Å². The minimum absolute atomic E-state index is 0.0674. The number of carbonyl (C=O) groups excluding carboxylic acids is 1. The fourth-order valence-corrected chi connectivity index (χ4v) is 1.76. The number of amides is 1. The van der Waals surface area contributed by atoms with Gasteiger partial charge < -0.3 is 10.6 Å². The summed E-state index contributed by atoms with van der Waals surface area (Å²) in [6.07, 6.45) is 3.19. The zero-order valence-corrected chi connectivity index (χ0v) is 10.1. The Morgan fingerprint density at radius 2 is 2.36 bits per heavy atom. The van der Waals surface area contributed by atoms with Gasteiger partial charge in [0.15, 0.2) is 0 Å². The van der Waals surface area contributed by atoms with Gasteiger partial charge in [0.25, 0.3) is 0 Å². The Labute approximate surface area is 93.5 Å². The van der Waals surface area contributed by atoms with Gasteiger partial charge in [-0.15, -0.1) is 0 Å². The van der Waals surface area contributed by atoms with Crippen LogP contribution in [0.5, 0.6) is 0 Å². The van der Waals surface area contributed by atoms with Crippen molar-refractivity contribution in [2.75, 3.05) is 13.1 Å². The number of hydrogen-bond acceptors (Lipinski definition) is 2. The molecule has 2 N–H and O–H groups in total. The quantitative estimate of drug-likeness (QED) is 0.809. The van der Waals surface area contributed by atoms with Gasteiger partial charge >= 0.3 is 0 Å². The van der Waals surface area contributed by atoms with Gasteiger partial charge in [-0.3, -0.25) is 4.79 Å². The monoisotopic (exact) mass is 260 g/mol. The molecule has 1 aliphatic rings. The second-order valence-electron chi connectivity index (χ2n) is 3.92. The molecule has 1 amide bonds. The van der Waals surface area contributed by atoms with Crippen LogP contribution in [0.3, 0.4) is 0 Å². The van der Waals surface area contributed by atoms with Crippen LogP contribution in [-0.4, -0.2) is 24.5 Å². The normalized spacial score (nSPS) is 27.0. The average molecular weight is 261 g/mol. The lowest BCUT2D eigenvalue weighted by Gasteiger charge is -2.33. The number of hydrogen-bond donors (Lipinski definition) is 2. The van der Waals surface area contributed by atoms with Crippen LogP contribution in [0.2, 0.25) is 0 Å². The van der Waals surface area contributed by atoms with E-state index in [4.69, 9.17) is 0 Å². The molecule has 1 rings (SSSR count). The van der Waals surface area contributed by atoms with Crippen LogP contribution in [0.4, 0.5) is 0 Å². The molecule has 1 saturated heterocycles. The molecule has 0 aromatic rings. The molecule has 1 aliphatic heterocycles. The highest BCUT2D eigenvalue weighted by Crippen LogP contribution is 2.18. The number of carbonyl (C=O) groups is 1. The maximum absolute atomic E-state index is 11.8. The van der Waals surface area contributed by atoms with Gasteiger partial charge in [0.1, 0.15) is 0 Å². The highest BCUT2D eigenvalue weighted by Gasteiger charge is 2.33.